The van der Waals surface area contributed by atoms with E-state index in [0.717, 1.165) is 16.8 Å². The molecule has 4 aromatic rings. The molecule has 1 heterocycles. The van der Waals surface area contributed by atoms with E-state index in [-0.39, 0.29) is 0 Å². The molecule has 0 fully saturated rings. The molecule has 0 aromatic heterocycles. The van der Waals surface area contributed by atoms with Gasteiger partial charge in [-0.25, -0.2) is 0 Å². The summed E-state index contributed by atoms with van der Waals surface area (Å²) in [5, 5.41) is 8.98. The number of benzene rings is 4. The van der Waals surface area contributed by atoms with Crippen LogP contribution < -0.4 is 4.90 Å². The molecule has 0 atom stereocenters. The van der Waals surface area contributed by atoms with Gasteiger partial charge < -0.3 is 4.90 Å². The largest absolute Gasteiger partial charge is 0.308 e. The number of nitrogens with zero attached hydrogens (tertiary/aromatic N) is 2. The molecule has 28 heavy (non-hydrogen) atoms. The van der Waals surface area contributed by atoms with Gasteiger partial charge in [-0.05, 0) is 59.7 Å². The number of anilines is 3. The summed E-state index contributed by atoms with van der Waals surface area (Å²) in [6.07, 6.45) is 0. The number of hydrogen-bond acceptors (Lipinski definition) is 3. The molecule has 0 unspecified atom stereocenters. The fraction of sp³-hybridized carbons (Fsp3) is 0. The molecule has 0 spiro atoms. The van der Waals surface area contributed by atoms with Crippen LogP contribution in [-0.2, 0) is 0 Å². The van der Waals surface area contributed by atoms with Crippen molar-refractivity contribution in [1.29, 1.82) is 5.26 Å². The zero-order valence-corrected chi connectivity index (χ0v) is 15.9. The van der Waals surface area contributed by atoms with Gasteiger partial charge in [-0.2, -0.15) is 5.26 Å². The Morgan fingerprint density at radius 2 is 1.11 bits per heavy atom. The Morgan fingerprint density at radius 1 is 0.607 bits per heavy atom. The van der Waals surface area contributed by atoms with Gasteiger partial charge in [0.15, 0.2) is 0 Å². The van der Waals surface area contributed by atoms with Gasteiger partial charge in [-0.1, -0.05) is 60.3 Å². The molecule has 1 aliphatic heterocycles. The highest BCUT2D eigenvalue weighted by atomic mass is 32.2. The van der Waals surface area contributed by atoms with Crippen LogP contribution in [0.2, 0.25) is 0 Å². The Balaban J connectivity index is 1.57. The SMILES string of the molecule is N#Cc1ccc(-c2ccc(N3c4ccccc4Sc4ccccc43)cc2)cc1. The van der Waals surface area contributed by atoms with E-state index in [4.69, 9.17) is 5.26 Å². The third-order valence-electron chi connectivity index (χ3n) is 4.91. The molecule has 5 rings (SSSR count). The van der Waals surface area contributed by atoms with E-state index in [0.29, 0.717) is 5.56 Å². The predicted molar refractivity (Wildman–Crippen MR) is 115 cm³/mol. The average molecular weight is 376 g/mol. The van der Waals surface area contributed by atoms with Crippen LogP contribution in [0.15, 0.2) is 107 Å². The van der Waals surface area contributed by atoms with Crippen molar-refractivity contribution in [1.82, 2.24) is 0 Å². The average Bonchev–Trinajstić information content (AvgIpc) is 2.77. The minimum absolute atomic E-state index is 0.680. The van der Waals surface area contributed by atoms with Gasteiger partial charge in [-0.3, -0.25) is 0 Å². The number of fused-ring (bicyclic) bond motifs is 2. The quantitative estimate of drug-likeness (QED) is 0.327. The number of rotatable bonds is 2. The zero-order chi connectivity index (χ0) is 18.9. The topological polar surface area (TPSA) is 27.0 Å². The fourth-order valence-electron chi connectivity index (χ4n) is 3.52. The summed E-state index contributed by atoms with van der Waals surface area (Å²) in [6.45, 7) is 0. The van der Waals surface area contributed by atoms with Crippen molar-refractivity contribution in [2.24, 2.45) is 0 Å². The molecule has 0 saturated carbocycles. The molecule has 0 N–H and O–H groups in total. The Bertz CT molecular complexity index is 1140. The number of para-hydroxylation sites is 2. The predicted octanol–water partition coefficient (Wildman–Crippen LogP) is 7.16. The van der Waals surface area contributed by atoms with Gasteiger partial charge in [0.2, 0.25) is 0 Å². The zero-order valence-electron chi connectivity index (χ0n) is 15.0. The molecule has 0 amide bonds. The van der Waals surface area contributed by atoms with Crippen LogP contribution in [0.25, 0.3) is 11.1 Å². The van der Waals surface area contributed by atoms with Crippen molar-refractivity contribution in [3.8, 4) is 17.2 Å². The van der Waals surface area contributed by atoms with E-state index in [1.165, 1.54) is 21.2 Å². The minimum Gasteiger partial charge on any atom is -0.308 e. The molecular weight excluding hydrogens is 360 g/mol. The molecule has 4 aromatic carbocycles. The van der Waals surface area contributed by atoms with Crippen LogP contribution in [0.4, 0.5) is 17.1 Å². The molecule has 3 heteroatoms. The van der Waals surface area contributed by atoms with E-state index >= 15 is 0 Å². The Hall–Kier alpha value is -3.48. The third-order valence-corrected chi connectivity index (χ3v) is 6.04. The van der Waals surface area contributed by atoms with Gasteiger partial charge in [0.05, 0.1) is 23.0 Å². The summed E-state index contributed by atoms with van der Waals surface area (Å²) < 4.78 is 0. The van der Waals surface area contributed by atoms with Gasteiger partial charge in [0.25, 0.3) is 0 Å². The van der Waals surface area contributed by atoms with Crippen LogP contribution >= 0.6 is 11.8 Å². The second-order valence-electron chi connectivity index (χ2n) is 6.61. The lowest BCUT2D eigenvalue weighted by Gasteiger charge is -2.32. The van der Waals surface area contributed by atoms with Crippen molar-refractivity contribution >= 4 is 28.8 Å². The fourth-order valence-corrected chi connectivity index (χ4v) is 4.58. The standard InChI is InChI=1S/C25H16N2S/c26-17-18-9-11-19(12-10-18)20-13-15-21(16-14-20)27-22-5-1-3-7-24(22)28-25-8-4-2-6-23(25)27/h1-16H. The smallest absolute Gasteiger partial charge is 0.0991 e. The van der Waals surface area contributed by atoms with E-state index in [2.05, 4.69) is 83.8 Å². The maximum atomic E-state index is 8.98. The molecule has 2 nitrogen and oxygen atoms in total. The minimum atomic E-state index is 0.680. The highest BCUT2D eigenvalue weighted by Gasteiger charge is 2.23. The number of nitriles is 1. The van der Waals surface area contributed by atoms with E-state index < -0.39 is 0 Å². The Labute approximate surface area is 168 Å². The van der Waals surface area contributed by atoms with Crippen LogP contribution in [0, 0.1) is 11.3 Å². The lowest BCUT2D eigenvalue weighted by Crippen LogP contribution is -2.14. The van der Waals surface area contributed by atoms with Gasteiger partial charge in [0.1, 0.15) is 0 Å². The maximum absolute atomic E-state index is 8.98. The first-order valence-corrected chi connectivity index (χ1v) is 9.92. The summed E-state index contributed by atoms with van der Waals surface area (Å²) in [5.41, 5.74) is 6.48. The lowest BCUT2D eigenvalue weighted by molar-refractivity contribution is 1.17. The Morgan fingerprint density at radius 3 is 1.64 bits per heavy atom. The summed E-state index contributed by atoms with van der Waals surface area (Å²) >= 11 is 1.82. The highest BCUT2D eigenvalue weighted by molar-refractivity contribution is 7.99. The van der Waals surface area contributed by atoms with Crippen LogP contribution in [0.5, 0.6) is 0 Å². The highest BCUT2D eigenvalue weighted by Crippen LogP contribution is 2.51. The van der Waals surface area contributed by atoms with Gasteiger partial charge >= 0.3 is 0 Å². The summed E-state index contributed by atoms with van der Waals surface area (Å²) in [4.78, 5) is 4.85. The second-order valence-corrected chi connectivity index (χ2v) is 7.69. The lowest BCUT2D eigenvalue weighted by atomic mass is 10.0. The molecule has 132 valence electrons. The van der Waals surface area contributed by atoms with Crippen molar-refractivity contribution in [2.45, 2.75) is 9.79 Å². The van der Waals surface area contributed by atoms with E-state index in [9.17, 15) is 0 Å². The van der Waals surface area contributed by atoms with Gasteiger partial charge in [-0.15, -0.1) is 0 Å². The van der Waals surface area contributed by atoms with Crippen molar-refractivity contribution in [2.75, 3.05) is 4.90 Å². The van der Waals surface area contributed by atoms with Crippen LogP contribution in [0.3, 0.4) is 0 Å². The van der Waals surface area contributed by atoms with Gasteiger partial charge in [0, 0.05) is 15.5 Å². The molecule has 0 aliphatic carbocycles. The normalized spacial score (nSPS) is 12.0. The summed E-state index contributed by atoms with van der Waals surface area (Å²) in [5.74, 6) is 0. The van der Waals surface area contributed by atoms with Crippen molar-refractivity contribution in [3.05, 3.63) is 103 Å². The second kappa shape index (κ2) is 6.92. The first-order valence-electron chi connectivity index (χ1n) is 9.10. The first-order chi connectivity index (χ1) is 13.8. The number of hydrogen-bond donors (Lipinski definition) is 0. The monoisotopic (exact) mass is 376 g/mol. The van der Waals surface area contributed by atoms with E-state index in [1.54, 1.807) is 0 Å². The molecule has 0 bridgehead atoms. The molecule has 0 saturated heterocycles. The van der Waals surface area contributed by atoms with Crippen LogP contribution in [0.1, 0.15) is 5.56 Å². The third kappa shape index (κ3) is 2.85. The maximum Gasteiger partial charge on any atom is 0.0991 e. The molecule has 1 aliphatic rings. The first kappa shape index (κ1) is 16.7. The Kier molecular flexibility index (Phi) is 4.12. The summed E-state index contributed by atoms with van der Waals surface area (Å²) in [6, 6.07) is 35.5. The van der Waals surface area contributed by atoms with Crippen LogP contribution in [-0.4, -0.2) is 0 Å². The summed E-state index contributed by atoms with van der Waals surface area (Å²) in [7, 11) is 0. The van der Waals surface area contributed by atoms with E-state index in [1.807, 2.05) is 36.0 Å². The van der Waals surface area contributed by atoms with Crippen molar-refractivity contribution in [3.63, 3.8) is 0 Å². The molecular formula is C25H16N2S. The van der Waals surface area contributed by atoms with Crippen molar-refractivity contribution < 1.29 is 0 Å². The molecule has 0 radical (unpaired) electrons.